The number of nitrogens with one attached hydrogen (secondary N) is 1. The molecule has 0 unspecified atom stereocenters. The lowest BCUT2D eigenvalue weighted by Gasteiger charge is -2.09. The Morgan fingerprint density at radius 2 is 1.67 bits per heavy atom. The number of benzene rings is 3. The number of aromatic amines is 1. The van der Waals surface area contributed by atoms with Crippen molar-refractivity contribution in [1.29, 1.82) is 0 Å². The molecule has 2 heterocycles. The number of fused-ring (bicyclic) bond motifs is 1. The number of para-hydroxylation sites is 2. The van der Waals surface area contributed by atoms with Gasteiger partial charge in [0.1, 0.15) is 18.1 Å². The zero-order valence-corrected chi connectivity index (χ0v) is 17.6. The Morgan fingerprint density at radius 3 is 2.55 bits per heavy atom. The zero-order valence-electron chi connectivity index (χ0n) is 17.6. The fraction of sp³-hybridized carbons (Fsp3) is 0.0769. The summed E-state index contributed by atoms with van der Waals surface area (Å²) in [5, 5.41) is 5.00. The Kier molecular flexibility index (Phi) is 5.51. The van der Waals surface area contributed by atoms with Crippen LogP contribution >= 0.6 is 0 Å². The molecule has 0 fully saturated rings. The molecular formula is C26H20N4O3. The highest BCUT2D eigenvalue weighted by molar-refractivity contribution is 5.91. The van der Waals surface area contributed by atoms with Gasteiger partial charge in [0.2, 0.25) is 0 Å². The summed E-state index contributed by atoms with van der Waals surface area (Å²) in [6.45, 7) is 0.0536. The normalized spacial score (nSPS) is 10.9. The fourth-order valence-electron chi connectivity index (χ4n) is 3.65. The van der Waals surface area contributed by atoms with E-state index in [0.717, 1.165) is 11.3 Å². The highest BCUT2D eigenvalue weighted by atomic mass is 16.5. The van der Waals surface area contributed by atoms with Gasteiger partial charge in [-0.25, -0.2) is 14.5 Å². The maximum Gasteiger partial charge on any atom is 0.338 e. The summed E-state index contributed by atoms with van der Waals surface area (Å²) in [4.78, 5) is 32.6. The van der Waals surface area contributed by atoms with E-state index in [1.54, 1.807) is 35.0 Å². The van der Waals surface area contributed by atoms with Crippen molar-refractivity contribution in [3.05, 3.63) is 124 Å². The molecule has 0 bridgehead atoms. The number of hydrogen-bond donors (Lipinski definition) is 1. The number of ether oxygens (including phenoxy) is 1. The Labute approximate surface area is 189 Å². The van der Waals surface area contributed by atoms with Gasteiger partial charge in [-0.3, -0.25) is 4.79 Å². The van der Waals surface area contributed by atoms with Crippen molar-refractivity contribution in [1.82, 2.24) is 19.7 Å². The summed E-state index contributed by atoms with van der Waals surface area (Å²) in [5.41, 5.74) is 3.13. The van der Waals surface area contributed by atoms with Gasteiger partial charge in [-0.2, -0.15) is 5.10 Å². The minimum absolute atomic E-state index is 0.0536. The van der Waals surface area contributed by atoms with Crippen LogP contribution in [0.15, 0.2) is 95.9 Å². The highest BCUT2D eigenvalue weighted by Crippen LogP contribution is 2.16. The molecule has 33 heavy (non-hydrogen) atoms. The van der Waals surface area contributed by atoms with Crippen LogP contribution in [0, 0.1) is 0 Å². The van der Waals surface area contributed by atoms with Crippen LogP contribution in [0.2, 0.25) is 0 Å². The van der Waals surface area contributed by atoms with Gasteiger partial charge >= 0.3 is 5.97 Å². The number of rotatable bonds is 6. The third kappa shape index (κ3) is 4.43. The molecule has 0 radical (unpaired) electrons. The van der Waals surface area contributed by atoms with E-state index in [0.29, 0.717) is 34.4 Å². The standard InChI is InChI=1S/C26H20N4O3/c31-25-22-12-6-7-13-23(22)27-24(28-25)16-18-8-4-5-11-21(18)26(32)33-17-19-14-15-30(29-19)20-9-2-1-3-10-20/h1-15H,16-17H2,(H,27,28,31). The molecule has 162 valence electrons. The van der Waals surface area contributed by atoms with Crippen LogP contribution in [-0.2, 0) is 17.8 Å². The smallest absolute Gasteiger partial charge is 0.338 e. The molecular weight excluding hydrogens is 416 g/mol. The van der Waals surface area contributed by atoms with E-state index in [-0.39, 0.29) is 12.2 Å². The van der Waals surface area contributed by atoms with E-state index in [1.807, 2.05) is 60.8 Å². The van der Waals surface area contributed by atoms with Crippen LogP contribution in [0.1, 0.15) is 27.4 Å². The van der Waals surface area contributed by atoms with E-state index in [4.69, 9.17) is 4.74 Å². The van der Waals surface area contributed by atoms with Crippen LogP contribution in [0.4, 0.5) is 0 Å². The number of nitrogens with zero attached hydrogens (tertiary/aromatic N) is 3. The number of aromatic nitrogens is 4. The van der Waals surface area contributed by atoms with Crippen LogP contribution in [-0.4, -0.2) is 25.7 Å². The minimum Gasteiger partial charge on any atom is -0.455 e. The molecule has 0 amide bonds. The summed E-state index contributed by atoms with van der Waals surface area (Å²) in [5.74, 6) is 0.0311. The minimum atomic E-state index is -0.456. The first kappa shape index (κ1) is 20.4. The van der Waals surface area contributed by atoms with Gasteiger partial charge in [-0.15, -0.1) is 0 Å². The van der Waals surface area contributed by atoms with Gasteiger partial charge in [0.25, 0.3) is 5.56 Å². The zero-order chi connectivity index (χ0) is 22.6. The van der Waals surface area contributed by atoms with Crippen molar-refractivity contribution in [2.24, 2.45) is 0 Å². The predicted octanol–water partition coefficient (Wildman–Crippen LogP) is 4.06. The molecule has 1 N–H and O–H groups in total. The first-order valence-corrected chi connectivity index (χ1v) is 10.5. The number of esters is 1. The largest absolute Gasteiger partial charge is 0.455 e. The van der Waals surface area contributed by atoms with Crippen molar-refractivity contribution >= 4 is 16.9 Å². The van der Waals surface area contributed by atoms with E-state index in [1.165, 1.54) is 0 Å². The van der Waals surface area contributed by atoms with Crippen molar-refractivity contribution in [3.8, 4) is 5.69 Å². The van der Waals surface area contributed by atoms with Gasteiger partial charge in [-0.1, -0.05) is 48.5 Å². The summed E-state index contributed by atoms with van der Waals surface area (Å²) < 4.78 is 7.26. The second kappa shape index (κ2) is 8.92. The Hall–Kier alpha value is -4.52. The molecule has 0 aliphatic carbocycles. The molecule has 0 atom stereocenters. The lowest BCUT2D eigenvalue weighted by atomic mass is 10.0. The highest BCUT2D eigenvalue weighted by Gasteiger charge is 2.15. The Morgan fingerprint density at radius 1 is 0.909 bits per heavy atom. The van der Waals surface area contributed by atoms with Gasteiger partial charge in [0.15, 0.2) is 0 Å². The number of carbonyl (C=O) groups excluding carboxylic acids is 1. The van der Waals surface area contributed by atoms with Crippen LogP contribution in [0.3, 0.4) is 0 Å². The van der Waals surface area contributed by atoms with Crippen LogP contribution in [0.25, 0.3) is 16.6 Å². The van der Waals surface area contributed by atoms with Crippen LogP contribution < -0.4 is 5.56 Å². The van der Waals surface area contributed by atoms with Crippen molar-refractivity contribution in [2.75, 3.05) is 0 Å². The SMILES string of the molecule is O=C(OCc1ccn(-c2ccccc2)n1)c1ccccc1Cc1nc2ccccc2c(=O)[nH]1. The summed E-state index contributed by atoms with van der Waals surface area (Å²) in [6, 6.07) is 25.8. The summed E-state index contributed by atoms with van der Waals surface area (Å²) in [6.07, 6.45) is 2.13. The maximum atomic E-state index is 12.8. The van der Waals surface area contributed by atoms with E-state index >= 15 is 0 Å². The first-order valence-electron chi connectivity index (χ1n) is 10.5. The van der Waals surface area contributed by atoms with Gasteiger partial charge < -0.3 is 9.72 Å². The average Bonchev–Trinajstić information content (AvgIpc) is 3.33. The third-order valence-electron chi connectivity index (χ3n) is 5.27. The van der Waals surface area contributed by atoms with Crippen LogP contribution in [0.5, 0.6) is 0 Å². The lowest BCUT2D eigenvalue weighted by Crippen LogP contribution is -2.14. The average molecular weight is 436 g/mol. The number of hydrogen-bond acceptors (Lipinski definition) is 5. The Balaban J connectivity index is 1.32. The van der Waals surface area contributed by atoms with Crippen molar-refractivity contribution in [2.45, 2.75) is 13.0 Å². The predicted molar refractivity (Wildman–Crippen MR) is 124 cm³/mol. The second-order valence-electron chi connectivity index (χ2n) is 7.53. The molecule has 5 aromatic rings. The molecule has 0 aliphatic rings. The van der Waals surface area contributed by atoms with E-state index < -0.39 is 5.97 Å². The van der Waals surface area contributed by atoms with Gasteiger partial charge in [0.05, 0.1) is 22.2 Å². The topological polar surface area (TPSA) is 89.9 Å². The molecule has 5 rings (SSSR count). The molecule has 0 aliphatic heterocycles. The first-order chi connectivity index (χ1) is 16.2. The monoisotopic (exact) mass is 436 g/mol. The lowest BCUT2D eigenvalue weighted by molar-refractivity contribution is 0.0466. The summed E-state index contributed by atoms with van der Waals surface area (Å²) in [7, 11) is 0. The van der Waals surface area contributed by atoms with E-state index in [9.17, 15) is 9.59 Å². The van der Waals surface area contributed by atoms with Crippen molar-refractivity contribution in [3.63, 3.8) is 0 Å². The number of H-pyrrole nitrogens is 1. The fourth-order valence-corrected chi connectivity index (χ4v) is 3.65. The number of carbonyl (C=O) groups is 1. The van der Waals surface area contributed by atoms with Gasteiger partial charge in [-0.05, 0) is 42.0 Å². The molecule has 0 saturated heterocycles. The van der Waals surface area contributed by atoms with Gasteiger partial charge in [0, 0.05) is 12.6 Å². The summed E-state index contributed by atoms with van der Waals surface area (Å²) >= 11 is 0. The molecule has 7 nitrogen and oxygen atoms in total. The van der Waals surface area contributed by atoms with Crippen molar-refractivity contribution < 1.29 is 9.53 Å². The second-order valence-corrected chi connectivity index (χ2v) is 7.53. The quantitative estimate of drug-likeness (QED) is 0.406. The third-order valence-corrected chi connectivity index (χ3v) is 5.27. The van der Waals surface area contributed by atoms with E-state index in [2.05, 4.69) is 15.1 Å². The molecule has 7 heteroatoms. The molecule has 2 aromatic heterocycles. The molecule has 3 aromatic carbocycles. The molecule has 0 saturated carbocycles. The molecule has 0 spiro atoms. The Bertz CT molecular complexity index is 1490. The maximum absolute atomic E-state index is 12.8.